The summed E-state index contributed by atoms with van der Waals surface area (Å²) in [6.07, 6.45) is -3.51. The summed E-state index contributed by atoms with van der Waals surface area (Å²) in [7, 11) is 1.70. The van der Waals surface area contributed by atoms with Crippen molar-refractivity contribution in [3.63, 3.8) is 0 Å². The topological polar surface area (TPSA) is 71.1 Å². The van der Waals surface area contributed by atoms with Crippen molar-refractivity contribution < 1.29 is 17.9 Å². The minimum Gasteiger partial charge on any atom is -0.379 e. The van der Waals surface area contributed by atoms with Crippen molar-refractivity contribution in [2.24, 2.45) is 0 Å². The van der Waals surface area contributed by atoms with Gasteiger partial charge in [-0.15, -0.1) is 0 Å². The molecule has 0 radical (unpaired) electrons. The highest BCUT2D eigenvalue weighted by atomic mass is 32.2. The van der Waals surface area contributed by atoms with Crippen LogP contribution in [0.4, 0.5) is 24.8 Å². The van der Waals surface area contributed by atoms with E-state index in [1.165, 1.54) is 18.0 Å². The van der Waals surface area contributed by atoms with Crippen LogP contribution < -0.4 is 15.4 Å². The zero-order valence-electron chi connectivity index (χ0n) is 18.8. The van der Waals surface area contributed by atoms with Gasteiger partial charge in [-0.3, -0.25) is 0 Å². The summed E-state index contributed by atoms with van der Waals surface area (Å²) < 4.78 is 49.5. The van der Waals surface area contributed by atoms with Crippen LogP contribution in [0.3, 0.4) is 0 Å². The second-order valence-electron chi connectivity index (χ2n) is 7.99. The SMILES string of the molecule is COC1CCNCC1Nc1cccc(SNc2ccc(C(F)(F)F)c(-c3ccccc3C)n2)n1. The fourth-order valence-corrected chi connectivity index (χ4v) is 4.51. The van der Waals surface area contributed by atoms with Crippen LogP contribution in [0.15, 0.2) is 59.6 Å². The van der Waals surface area contributed by atoms with Crippen LogP contribution in [0.1, 0.15) is 17.5 Å². The third-order valence-electron chi connectivity index (χ3n) is 5.64. The Bertz CT molecular complexity index is 1130. The molecule has 6 nitrogen and oxygen atoms in total. The number of anilines is 2. The first-order valence-electron chi connectivity index (χ1n) is 10.9. The van der Waals surface area contributed by atoms with Crippen molar-refractivity contribution >= 4 is 23.6 Å². The third-order valence-corrected chi connectivity index (χ3v) is 6.39. The second-order valence-corrected chi connectivity index (χ2v) is 8.81. The van der Waals surface area contributed by atoms with Gasteiger partial charge in [-0.1, -0.05) is 30.3 Å². The number of alkyl halides is 3. The van der Waals surface area contributed by atoms with Gasteiger partial charge in [-0.2, -0.15) is 13.2 Å². The number of rotatable bonds is 7. The van der Waals surface area contributed by atoms with E-state index in [1.54, 1.807) is 38.3 Å². The van der Waals surface area contributed by atoms with E-state index in [0.29, 0.717) is 22.2 Å². The summed E-state index contributed by atoms with van der Waals surface area (Å²) >= 11 is 1.19. The molecule has 1 aliphatic rings. The predicted molar refractivity (Wildman–Crippen MR) is 129 cm³/mol. The maximum absolute atomic E-state index is 13.6. The molecule has 34 heavy (non-hydrogen) atoms. The lowest BCUT2D eigenvalue weighted by Gasteiger charge is -2.32. The summed E-state index contributed by atoms with van der Waals surface area (Å²) in [5.74, 6) is 1.01. The number of aryl methyl sites for hydroxylation is 1. The maximum atomic E-state index is 13.6. The van der Waals surface area contributed by atoms with Crippen molar-refractivity contribution in [2.45, 2.75) is 36.7 Å². The Balaban J connectivity index is 1.51. The number of aromatic nitrogens is 2. The molecule has 2 aromatic heterocycles. The Kier molecular flexibility index (Phi) is 7.60. The summed E-state index contributed by atoms with van der Waals surface area (Å²) in [6.45, 7) is 3.45. The van der Waals surface area contributed by atoms with Crippen molar-refractivity contribution in [2.75, 3.05) is 30.2 Å². The number of pyridine rings is 2. The molecule has 2 unspecified atom stereocenters. The molecule has 0 spiro atoms. The van der Waals surface area contributed by atoms with E-state index in [0.717, 1.165) is 31.1 Å². The fourth-order valence-electron chi connectivity index (χ4n) is 3.90. The molecule has 0 saturated carbocycles. The molecule has 4 rings (SSSR count). The van der Waals surface area contributed by atoms with E-state index < -0.39 is 11.7 Å². The van der Waals surface area contributed by atoms with Crippen molar-refractivity contribution in [1.82, 2.24) is 15.3 Å². The van der Waals surface area contributed by atoms with Gasteiger partial charge < -0.3 is 20.1 Å². The van der Waals surface area contributed by atoms with E-state index >= 15 is 0 Å². The molecule has 10 heteroatoms. The zero-order valence-corrected chi connectivity index (χ0v) is 19.6. The van der Waals surface area contributed by atoms with E-state index in [4.69, 9.17) is 4.74 Å². The first-order chi connectivity index (χ1) is 16.3. The lowest BCUT2D eigenvalue weighted by Crippen LogP contribution is -2.49. The van der Waals surface area contributed by atoms with Gasteiger partial charge in [0.2, 0.25) is 0 Å². The number of hydrogen-bond donors (Lipinski definition) is 3. The molecule has 1 fully saturated rings. The highest BCUT2D eigenvalue weighted by molar-refractivity contribution is 8.00. The average molecular weight is 490 g/mol. The van der Waals surface area contributed by atoms with Crippen LogP contribution in [0, 0.1) is 6.92 Å². The molecule has 3 aromatic rings. The van der Waals surface area contributed by atoms with Crippen LogP contribution in [0.2, 0.25) is 0 Å². The number of piperidine rings is 1. The lowest BCUT2D eigenvalue weighted by atomic mass is 10.0. The summed E-state index contributed by atoms with van der Waals surface area (Å²) in [4.78, 5) is 8.90. The Labute approximate surface area is 200 Å². The lowest BCUT2D eigenvalue weighted by molar-refractivity contribution is -0.137. The number of nitrogens with zero attached hydrogens (tertiary/aromatic N) is 2. The molecular weight excluding hydrogens is 463 g/mol. The summed E-state index contributed by atoms with van der Waals surface area (Å²) in [5, 5.41) is 7.40. The molecule has 0 aliphatic carbocycles. The van der Waals surface area contributed by atoms with E-state index in [-0.39, 0.29) is 17.8 Å². The Morgan fingerprint density at radius 2 is 1.85 bits per heavy atom. The van der Waals surface area contributed by atoms with Gasteiger partial charge in [0.05, 0.1) is 23.4 Å². The molecule has 3 heterocycles. The summed E-state index contributed by atoms with van der Waals surface area (Å²) in [6, 6.07) is 15.0. The number of nitrogens with one attached hydrogen (secondary N) is 3. The number of benzene rings is 1. The van der Waals surface area contributed by atoms with Crippen molar-refractivity contribution in [3.8, 4) is 11.3 Å². The standard InChI is InChI=1S/C24H26F3N5OS/c1-15-6-3-4-7-16(15)23-17(24(25,26)27)10-11-21(31-23)32-34-22-9-5-8-20(30-22)29-18-14-28-13-12-19(18)33-2/h3-11,18-19,28H,12-14H2,1-2H3,(H,29,30)(H,31,32). The van der Waals surface area contributed by atoms with Gasteiger partial charge in [0.25, 0.3) is 0 Å². The highest BCUT2D eigenvalue weighted by Crippen LogP contribution is 2.38. The zero-order chi connectivity index (χ0) is 24.1. The smallest absolute Gasteiger partial charge is 0.379 e. The predicted octanol–water partition coefficient (Wildman–Crippen LogP) is 5.38. The van der Waals surface area contributed by atoms with Gasteiger partial charge in [0, 0.05) is 31.2 Å². The average Bonchev–Trinajstić information content (AvgIpc) is 2.83. The van der Waals surface area contributed by atoms with Gasteiger partial charge in [-0.25, -0.2) is 9.97 Å². The number of halogens is 3. The molecule has 1 aliphatic heterocycles. The monoisotopic (exact) mass is 489 g/mol. The van der Waals surface area contributed by atoms with Crippen LogP contribution in [0.5, 0.6) is 0 Å². The quantitative estimate of drug-likeness (QED) is 0.385. The summed E-state index contributed by atoms with van der Waals surface area (Å²) in [5.41, 5.74) is 0.296. The molecule has 1 saturated heterocycles. The second kappa shape index (κ2) is 10.6. The third kappa shape index (κ3) is 5.81. The largest absolute Gasteiger partial charge is 0.418 e. The van der Waals surface area contributed by atoms with E-state index in [1.807, 2.05) is 18.2 Å². The minimum absolute atomic E-state index is 0.0905. The van der Waals surface area contributed by atoms with Gasteiger partial charge in [0.15, 0.2) is 0 Å². The first kappa shape index (κ1) is 24.3. The van der Waals surface area contributed by atoms with Gasteiger partial charge in [0.1, 0.15) is 16.7 Å². The number of ether oxygens (including phenoxy) is 1. The molecule has 3 N–H and O–H groups in total. The Morgan fingerprint density at radius 1 is 1.03 bits per heavy atom. The molecule has 1 aromatic carbocycles. The van der Waals surface area contributed by atoms with Crippen molar-refractivity contribution in [1.29, 1.82) is 0 Å². The van der Waals surface area contributed by atoms with Crippen LogP contribution in [0.25, 0.3) is 11.3 Å². The fraction of sp³-hybridized carbons (Fsp3) is 0.333. The molecular formula is C24H26F3N5OS. The Morgan fingerprint density at radius 3 is 2.62 bits per heavy atom. The van der Waals surface area contributed by atoms with E-state index in [9.17, 15) is 13.2 Å². The first-order valence-corrected chi connectivity index (χ1v) is 11.7. The number of methoxy groups -OCH3 is 1. The molecule has 2 atom stereocenters. The van der Waals surface area contributed by atoms with Gasteiger partial charge in [-0.05, 0) is 49.7 Å². The van der Waals surface area contributed by atoms with Crippen LogP contribution in [-0.2, 0) is 10.9 Å². The minimum atomic E-state index is -4.51. The normalized spacial score (nSPS) is 18.5. The van der Waals surface area contributed by atoms with Crippen LogP contribution in [-0.4, -0.2) is 42.3 Å². The molecule has 0 amide bonds. The highest BCUT2D eigenvalue weighted by Gasteiger charge is 2.35. The van der Waals surface area contributed by atoms with Crippen LogP contribution >= 0.6 is 11.9 Å². The van der Waals surface area contributed by atoms with Gasteiger partial charge >= 0.3 is 6.18 Å². The Hall–Kier alpha value is -2.82. The number of hydrogen-bond acceptors (Lipinski definition) is 7. The van der Waals surface area contributed by atoms with Crippen molar-refractivity contribution in [3.05, 3.63) is 65.7 Å². The molecule has 0 bridgehead atoms. The maximum Gasteiger partial charge on any atom is 0.418 e. The molecule has 180 valence electrons. The van der Waals surface area contributed by atoms with E-state index in [2.05, 4.69) is 25.3 Å².